The van der Waals surface area contributed by atoms with Gasteiger partial charge >= 0.3 is 0 Å². The van der Waals surface area contributed by atoms with Crippen LogP contribution in [-0.4, -0.2) is 45.1 Å². The van der Waals surface area contributed by atoms with Crippen LogP contribution in [0.25, 0.3) is 6.08 Å². The van der Waals surface area contributed by atoms with Crippen LogP contribution in [0.3, 0.4) is 0 Å². The highest BCUT2D eigenvalue weighted by Crippen LogP contribution is 2.59. The molecule has 0 amide bonds. The van der Waals surface area contributed by atoms with Crippen molar-refractivity contribution in [3.8, 4) is 0 Å². The quantitative estimate of drug-likeness (QED) is 0.785. The maximum Gasteiger partial charge on any atom is 0.0646 e. The summed E-state index contributed by atoms with van der Waals surface area (Å²) in [4.78, 5) is 2.38. The number of rotatable bonds is 4. The van der Waals surface area contributed by atoms with Gasteiger partial charge < -0.3 is 20.4 Å². The maximum atomic E-state index is 7.77. The van der Waals surface area contributed by atoms with Crippen LogP contribution in [-0.2, 0) is 4.74 Å². The van der Waals surface area contributed by atoms with Gasteiger partial charge in [-0.1, -0.05) is 23.8 Å². The predicted molar refractivity (Wildman–Crippen MR) is 109 cm³/mol. The number of anilines is 1. The molecule has 1 aliphatic carbocycles. The summed E-state index contributed by atoms with van der Waals surface area (Å²) in [6, 6.07) is 4.52. The lowest BCUT2D eigenvalue weighted by Crippen LogP contribution is -2.50. The van der Waals surface area contributed by atoms with E-state index < -0.39 is 0 Å². The minimum absolute atomic E-state index is 0.415. The third kappa shape index (κ3) is 3.42. The summed E-state index contributed by atoms with van der Waals surface area (Å²) in [5.74, 6) is 0.655. The van der Waals surface area contributed by atoms with E-state index in [0.717, 1.165) is 54.7 Å². The zero-order chi connectivity index (χ0) is 18.1. The van der Waals surface area contributed by atoms with Crippen molar-refractivity contribution in [1.29, 1.82) is 5.41 Å². The maximum absolute atomic E-state index is 7.77. The van der Waals surface area contributed by atoms with Crippen molar-refractivity contribution in [3.63, 3.8) is 0 Å². The van der Waals surface area contributed by atoms with Crippen molar-refractivity contribution in [1.82, 2.24) is 5.32 Å². The zero-order valence-corrected chi connectivity index (χ0v) is 16.2. The SMILES string of the molecule is CC1CNCCN1c1cc(/C=C/C2CC23CCOCC3)c(C=N)cc1Cl. The largest absolute Gasteiger partial charge is 0.381 e. The summed E-state index contributed by atoms with van der Waals surface area (Å²) in [5, 5.41) is 11.9. The number of allylic oxidation sites excluding steroid dienone is 1. The molecule has 1 aromatic rings. The van der Waals surface area contributed by atoms with Crippen LogP contribution in [0.5, 0.6) is 0 Å². The highest BCUT2D eigenvalue weighted by molar-refractivity contribution is 6.33. The van der Waals surface area contributed by atoms with Crippen molar-refractivity contribution in [2.45, 2.75) is 32.2 Å². The van der Waals surface area contributed by atoms with E-state index in [1.807, 2.05) is 6.07 Å². The minimum Gasteiger partial charge on any atom is -0.381 e. The fourth-order valence-corrected chi connectivity index (χ4v) is 4.79. The van der Waals surface area contributed by atoms with E-state index in [-0.39, 0.29) is 0 Å². The number of piperazine rings is 1. The molecule has 140 valence electrons. The Balaban J connectivity index is 1.57. The van der Waals surface area contributed by atoms with Crippen LogP contribution >= 0.6 is 11.6 Å². The van der Waals surface area contributed by atoms with Crippen molar-refractivity contribution >= 4 is 29.6 Å². The molecule has 0 radical (unpaired) electrons. The highest BCUT2D eigenvalue weighted by atomic mass is 35.5. The number of benzene rings is 1. The van der Waals surface area contributed by atoms with Gasteiger partial charge in [0.1, 0.15) is 0 Å². The van der Waals surface area contributed by atoms with E-state index in [0.29, 0.717) is 17.4 Å². The Kier molecular flexibility index (Phi) is 5.09. The Morgan fingerprint density at radius 3 is 2.85 bits per heavy atom. The second kappa shape index (κ2) is 7.34. The first-order valence-electron chi connectivity index (χ1n) is 9.70. The summed E-state index contributed by atoms with van der Waals surface area (Å²) in [6.45, 7) is 6.94. The number of ether oxygens (including phenoxy) is 1. The summed E-state index contributed by atoms with van der Waals surface area (Å²) in [5.41, 5.74) is 3.56. The fourth-order valence-electron chi connectivity index (χ4n) is 4.51. The molecule has 26 heavy (non-hydrogen) atoms. The molecule has 1 spiro atoms. The molecule has 3 aliphatic rings. The van der Waals surface area contributed by atoms with Crippen LogP contribution in [0.15, 0.2) is 18.2 Å². The van der Waals surface area contributed by atoms with Crippen molar-refractivity contribution in [2.24, 2.45) is 11.3 Å². The van der Waals surface area contributed by atoms with Crippen LogP contribution in [0.1, 0.15) is 37.3 Å². The first-order valence-corrected chi connectivity index (χ1v) is 10.1. The summed E-state index contributed by atoms with van der Waals surface area (Å²) in [6.07, 6.45) is 9.62. The van der Waals surface area contributed by atoms with Gasteiger partial charge in [-0.2, -0.15) is 0 Å². The molecule has 1 aromatic carbocycles. The third-order valence-electron chi connectivity index (χ3n) is 6.37. The number of hydrogen-bond donors (Lipinski definition) is 2. The van der Waals surface area contributed by atoms with Crippen molar-refractivity contribution in [2.75, 3.05) is 37.7 Å². The number of nitrogens with one attached hydrogen (secondary N) is 2. The van der Waals surface area contributed by atoms with Crippen LogP contribution < -0.4 is 10.2 Å². The van der Waals surface area contributed by atoms with Gasteiger partial charge in [0.25, 0.3) is 0 Å². The Labute approximate surface area is 161 Å². The van der Waals surface area contributed by atoms with Gasteiger partial charge in [-0.15, -0.1) is 0 Å². The first kappa shape index (κ1) is 18.0. The molecule has 4 rings (SSSR count). The van der Waals surface area contributed by atoms with Gasteiger partial charge in [0.05, 0.1) is 10.7 Å². The molecule has 0 aromatic heterocycles. The average Bonchev–Trinajstić information content (AvgIpc) is 3.32. The van der Waals surface area contributed by atoms with Crippen molar-refractivity contribution < 1.29 is 4.74 Å². The highest BCUT2D eigenvalue weighted by Gasteiger charge is 2.52. The predicted octanol–water partition coefficient (Wildman–Crippen LogP) is 3.97. The standard InChI is InChI=1S/C21H28ClN3O/c1-15-14-24-6-7-25(15)20-11-16(17(13-23)10-19(20)22)2-3-18-12-21(18)4-8-26-9-5-21/h2-3,10-11,13,15,18,23-24H,4-9,12,14H2,1H3/b3-2+,23-13?. The molecule has 0 bridgehead atoms. The first-order chi connectivity index (χ1) is 12.6. The number of halogens is 1. The topological polar surface area (TPSA) is 48.4 Å². The van der Waals surface area contributed by atoms with Crippen LogP contribution in [0.2, 0.25) is 5.02 Å². The van der Waals surface area contributed by atoms with Crippen LogP contribution in [0, 0.1) is 16.7 Å². The molecule has 2 heterocycles. The summed E-state index contributed by atoms with van der Waals surface area (Å²) < 4.78 is 5.52. The van der Waals surface area contributed by atoms with E-state index in [1.54, 1.807) is 0 Å². The molecular formula is C21H28ClN3O. The smallest absolute Gasteiger partial charge is 0.0646 e. The fraction of sp³-hybridized carbons (Fsp3) is 0.571. The van der Waals surface area contributed by atoms with Gasteiger partial charge in [-0.3, -0.25) is 0 Å². The van der Waals surface area contributed by atoms with E-state index in [2.05, 4.69) is 35.4 Å². The van der Waals surface area contributed by atoms with Gasteiger partial charge in [-0.05, 0) is 55.2 Å². The number of hydrogen-bond acceptors (Lipinski definition) is 4. The molecule has 2 atom stereocenters. The Morgan fingerprint density at radius 1 is 1.31 bits per heavy atom. The minimum atomic E-state index is 0.415. The van der Waals surface area contributed by atoms with Crippen molar-refractivity contribution in [3.05, 3.63) is 34.4 Å². The molecule has 3 fully saturated rings. The lowest BCUT2D eigenvalue weighted by molar-refractivity contribution is 0.0544. The lowest BCUT2D eigenvalue weighted by atomic mass is 9.93. The molecule has 2 unspecified atom stereocenters. The monoisotopic (exact) mass is 373 g/mol. The van der Waals surface area contributed by atoms with Gasteiger partial charge in [0.15, 0.2) is 0 Å². The summed E-state index contributed by atoms with van der Waals surface area (Å²) >= 11 is 6.57. The van der Waals surface area contributed by atoms with E-state index in [9.17, 15) is 0 Å². The van der Waals surface area contributed by atoms with E-state index in [4.69, 9.17) is 21.7 Å². The van der Waals surface area contributed by atoms with Gasteiger partial charge in [-0.25, -0.2) is 0 Å². The van der Waals surface area contributed by atoms with Gasteiger partial charge in [0, 0.05) is 50.7 Å². The Morgan fingerprint density at radius 2 is 2.12 bits per heavy atom. The van der Waals surface area contributed by atoms with Crippen LogP contribution in [0.4, 0.5) is 5.69 Å². The molecule has 1 saturated carbocycles. The molecule has 5 heteroatoms. The Hall–Kier alpha value is -1.36. The third-order valence-corrected chi connectivity index (χ3v) is 6.67. The van der Waals surface area contributed by atoms with E-state index >= 15 is 0 Å². The van der Waals surface area contributed by atoms with E-state index in [1.165, 1.54) is 25.5 Å². The molecular weight excluding hydrogens is 346 g/mol. The summed E-state index contributed by atoms with van der Waals surface area (Å²) in [7, 11) is 0. The lowest BCUT2D eigenvalue weighted by Gasteiger charge is -2.36. The normalized spacial score (nSPS) is 27.8. The average molecular weight is 374 g/mol. The zero-order valence-electron chi connectivity index (χ0n) is 15.4. The molecule has 4 nitrogen and oxygen atoms in total. The molecule has 2 N–H and O–H groups in total. The molecule has 2 saturated heterocycles. The molecule has 2 aliphatic heterocycles. The second-order valence-corrected chi connectivity index (χ2v) is 8.38. The second-order valence-electron chi connectivity index (χ2n) is 7.97. The van der Waals surface area contributed by atoms with Gasteiger partial charge in [0.2, 0.25) is 0 Å². The Bertz CT molecular complexity index is 711. The number of nitrogens with zero attached hydrogens (tertiary/aromatic N) is 1.